The van der Waals surface area contributed by atoms with Crippen LogP contribution in [0.25, 0.3) is 0 Å². The number of aryl methyl sites for hydroxylation is 1. The van der Waals surface area contributed by atoms with Crippen LogP contribution in [0.3, 0.4) is 0 Å². The highest BCUT2D eigenvalue weighted by atomic mass is 32.2. The van der Waals surface area contributed by atoms with Gasteiger partial charge in [-0.05, 0) is 43.1 Å². The molecule has 2 rings (SSSR count). The first-order valence-electron chi connectivity index (χ1n) is 10.1. The maximum Gasteiger partial charge on any atom is 0.243 e. The fraction of sp³-hybridized carbons (Fsp3) is 0.714. The molecule has 1 heterocycles. The Hall–Kier alpha value is -0.733. The van der Waals surface area contributed by atoms with E-state index in [1.165, 1.54) is 0 Å². The molecule has 0 spiro atoms. The van der Waals surface area contributed by atoms with E-state index in [0.717, 1.165) is 5.56 Å². The van der Waals surface area contributed by atoms with Crippen molar-refractivity contribution >= 4 is 18.3 Å². The molecule has 1 aliphatic rings. The van der Waals surface area contributed by atoms with E-state index < -0.39 is 18.3 Å². The lowest BCUT2D eigenvalue weighted by Gasteiger charge is -2.40. The highest BCUT2D eigenvalue weighted by Gasteiger charge is 2.43. The van der Waals surface area contributed by atoms with E-state index in [-0.39, 0.29) is 23.1 Å². The predicted octanol–water partition coefficient (Wildman–Crippen LogP) is 4.43. The van der Waals surface area contributed by atoms with Crippen molar-refractivity contribution in [3.63, 3.8) is 0 Å². The van der Waals surface area contributed by atoms with E-state index in [9.17, 15) is 8.42 Å². The maximum absolute atomic E-state index is 13.5. The topological polar surface area (TPSA) is 55.8 Å². The molecule has 0 aromatic heterocycles. The van der Waals surface area contributed by atoms with Crippen LogP contribution < -0.4 is 0 Å². The van der Waals surface area contributed by atoms with E-state index in [1.54, 1.807) is 16.4 Å². The number of ether oxygens (including phenoxy) is 1. The second kappa shape index (κ2) is 8.56. The second-order valence-electron chi connectivity index (χ2n) is 9.74. The molecule has 1 aliphatic heterocycles. The summed E-state index contributed by atoms with van der Waals surface area (Å²) in [7, 11) is -5.67. The molecular formula is C21H37NO4SSi. The van der Waals surface area contributed by atoms with Gasteiger partial charge in [0.2, 0.25) is 10.0 Å². The van der Waals surface area contributed by atoms with Gasteiger partial charge in [-0.1, -0.05) is 52.3 Å². The van der Waals surface area contributed by atoms with E-state index in [4.69, 9.17) is 9.16 Å². The van der Waals surface area contributed by atoms with Crippen molar-refractivity contribution in [1.82, 2.24) is 4.31 Å². The lowest BCUT2D eigenvalue weighted by atomic mass is 10.1. The van der Waals surface area contributed by atoms with Crippen LogP contribution in [0.2, 0.25) is 18.1 Å². The SMILES string of the molecule is Cc1ccc(S(=O)(=O)N2C[C@H](O[Si](C)(C)C(C)(C)C)COC[C@@H]2C(C)C)cc1. The molecular weight excluding hydrogens is 390 g/mol. The van der Waals surface area contributed by atoms with Crippen molar-refractivity contribution in [1.29, 1.82) is 0 Å². The normalized spacial score (nSPS) is 23.0. The standard InChI is InChI=1S/C21H37NO4SSi/c1-16(2)20-15-25-14-18(26-28(7,8)21(4,5)6)13-22(20)27(23,24)19-11-9-17(3)10-12-19/h9-12,16,18,20H,13-15H2,1-8H3/t18-,20+/m0/s1. The van der Waals surface area contributed by atoms with Crippen molar-refractivity contribution in [2.24, 2.45) is 5.92 Å². The van der Waals surface area contributed by atoms with Gasteiger partial charge in [-0.15, -0.1) is 0 Å². The largest absolute Gasteiger partial charge is 0.410 e. The summed E-state index contributed by atoms with van der Waals surface area (Å²) in [6, 6.07) is 6.86. The summed E-state index contributed by atoms with van der Waals surface area (Å²) in [5, 5.41) is 0.0530. The van der Waals surface area contributed by atoms with Crippen LogP contribution in [-0.4, -0.2) is 52.9 Å². The molecule has 0 amide bonds. The Bertz CT molecular complexity index is 754. The molecule has 0 unspecified atom stereocenters. The van der Waals surface area contributed by atoms with Gasteiger partial charge >= 0.3 is 0 Å². The van der Waals surface area contributed by atoms with Crippen LogP contribution in [0.4, 0.5) is 0 Å². The molecule has 1 saturated heterocycles. The summed E-state index contributed by atoms with van der Waals surface area (Å²) < 4.78 is 41.1. The molecule has 0 saturated carbocycles. The molecule has 0 N–H and O–H groups in total. The molecule has 5 nitrogen and oxygen atoms in total. The Labute approximate surface area is 172 Å². The van der Waals surface area contributed by atoms with E-state index in [0.29, 0.717) is 24.7 Å². The minimum atomic E-state index is -3.63. The van der Waals surface area contributed by atoms with Gasteiger partial charge in [0.1, 0.15) is 0 Å². The first-order chi connectivity index (χ1) is 12.8. The van der Waals surface area contributed by atoms with Crippen LogP contribution in [0.15, 0.2) is 29.2 Å². The van der Waals surface area contributed by atoms with E-state index >= 15 is 0 Å². The fourth-order valence-corrected chi connectivity index (χ4v) is 6.21. The molecule has 0 bridgehead atoms. The summed E-state index contributed by atoms with van der Waals surface area (Å²) in [5.41, 5.74) is 1.04. The molecule has 0 radical (unpaired) electrons. The number of hydrogen-bond acceptors (Lipinski definition) is 4. The highest BCUT2D eigenvalue weighted by Crippen LogP contribution is 2.38. The Morgan fingerprint density at radius 3 is 2.21 bits per heavy atom. The van der Waals surface area contributed by atoms with Gasteiger partial charge in [0.05, 0.1) is 30.3 Å². The Morgan fingerprint density at radius 1 is 1.14 bits per heavy atom. The van der Waals surface area contributed by atoms with Crippen molar-refractivity contribution in [2.75, 3.05) is 19.8 Å². The smallest absolute Gasteiger partial charge is 0.243 e. The predicted molar refractivity (Wildman–Crippen MR) is 117 cm³/mol. The van der Waals surface area contributed by atoms with Crippen LogP contribution >= 0.6 is 0 Å². The van der Waals surface area contributed by atoms with Crippen LogP contribution in [0.5, 0.6) is 0 Å². The summed E-state index contributed by atoms with van der Waals surface area (Å²) in [4.78, 5) is 0.330. The third-order valence-corrected chi connectivity index (χ3v) is 12.5. The molecule has 28 heavy (non-hydrogen) atoms. The third kappa shape index (κ3) is 5.24. The zero-order valence-electron chi connectivity index (χ0n) is 18.7. The van der Waals surface area contributed by atoms with Crippen LogP contribution in [-0.2, 0) is 19.2 Å². The zero-order valence-corrected chi connectivity index (χ0v) is 20.5. The molecule has 7 heteroatoms. The third-order valence-electron chi connectivity index (χ3n) is 6.01. The monoisotopic (exact) mass is 427 g/mol. The van der Waals surface area contributed by atoms with Gasteiger partial charge < -0.3 is 9.16 Å². The molecule has 2 atom stereocenters. The van der Waals surface area contributed by atoms with Crippen LogP contribution in [0.1, 0.15) is 40.2 Å². The number of nitrogens with zero attached hydrogens (tertiary/aromatic N) is 1. The average molecular weight is 428 g/mol. The number of hydrogen-bond donors (Lipinski definition) is 0. The lowest BCUT2D eigenvalue weighted by molar-refractivity contribution is 0.0565. The number of rotatable bonds is 5. The lowest BCUT2D eigenvalue weighted by Crippen LogP contribution is -2.51. The quantitative estimate of drug-likeness (QED) is 0.652. The first-order valence-corrected chi connectivity index (χ1v) is 14.4. The zero-order chi connectivity index (χ0) is 21.3. The highest BCUT2D eigenvalue weighted by molar-refractivity contribution is 7.89. The Balaban J connectivity index is 2.37. The van der Waals surface area contributed by atoms with Crippen molar-refractivity contribution in [3.8, 4) is 0 Å². The van der Waals surface area contributed by atoms with Gasteiger partial charge in [-0.25, -0.2) is 8.42 Å². The minimum Gasteiger partial charge on any atom is -0.410 e. The Morgan fingerprint density at radius 2 is 1.71 bits per heavy atom. The van der Waals surface area contributed by atoms with Crippen molar-refractivity contribution in [3.05, 3.63) is 29.8 Å². The maximum atomic E-state index is 13.5. The molecule has 1 aromatic rings. The van der Waals surface area contributed by atoms with Gasteiger partial charge in [-0.3, -0.25) is 0 Å². The number of benzene rings is 1. The van der Waals surface area contributed by atoms with Gasteiger partial charge in [0, 0.05) is 6.54 Å². The van der Waals surface area contributed by atoms with E-state index in [2.05, 4.69) is 33.9 Å². The molecule has 1 aromatic carbocycles. The summed E-state index contributed by atoms with van der Waals surface area (Å²) >= 11 is 0. The van der Waals surface area contributed by atoms with Crippen LogP contribution in [0, 0.1) is 12.8 Å². The molecule has 0 aliphatic carbocycles. The van der Waals surface area contributed by atoms with Crippen molar-refractivity contribution < 1.29 is 17.6 Å². The van der Waals surface area contributed by atoms with Crippen molar-refractivity contribution in [2.45, 2.75) is 76.7 Å². The molecule has 1 fully saturated rings. The minimum absolute atomic E-state index is 0.0530. The van der Waals surface area contributed by atoms with Gasteiger partial charge in [-0.2, -0.15) is 4.31 Å². The van der Waals surface area contributed by atoms with Gasteiger partial charge in [0.15, 0.2) is 8.32 Å². The average Bonchev–Trinajstić information content (AvgIpc) is 2.77. The molecule has 160 valence electrons. The van der Waals surface area contributed by atoms with Gasteiger partial charge in [0.25, 0.3) is 0 Å². The summed E-state index contributed by atoms with van der Waals surface area (Å²) in [5.74, 6) is 0.145. The summed E-state index contributed by atoms with van der Waals surface area (Å²) in [6.45, 7) is 18.1. The fourth-order valence-electron chi connectivity index (χ4n) is 3.10. The van der Waals surface area contributed by atoms with E-state index in [1.807, 2.05) is 32.9 Å². The number of sulfonamides is 1. The first kappa shape index (κ1) is 23.5. The second-order valence-corrected chi connectivity index (χ2v) is 16.4. The summed E-state index contributed by atoms with van der Waals surface area (Å²) in [6.07, 6.45) is -0.259. The Kier molecular flexibility index (Phi) is 7.20.